The van der Waals surface area contributed by atoms with E-state index in [1.54, 1.807) is 34.4 Å². The predicted molar refractivity (Wildman–Crippen MR) is 294 cm³/mol. The first-order valence-corrected chi connectivity index (χ1v) is 28.3. The van der Waals surface area contributed by atoms with Crippen LogP contribution >= 0.6 is 0 Å². The van der Waals surface area contributed by atoms with E-state index in [-0.39, 0.29) is 44.2 Å². The molecule has 436 valence electrons. The van der Waals surface area contributed by atoms with E-state index in [2.05, 4.69) is 65.5 Å². The van der Waals surface area contributed by atoms with E-state index in [1.165, 1.54) is 22.0 Å². The fourth-order valence-electron chi connectivity index (χ4n) is 11.8. The third kappa shape index (κ3) is 11.0. The van der Waals surface area contributed by atoms with Crippen LogP contribution in [0.15, 0.2) is 50.1 Å². The van der Waals surface area contributed by atoms with Crippen LogP contribution in [0, 0.1) is 0 Å². The first-order chi connectivity index (χ1) is 39.9. The van der Waals surface area contributed by atoms with Crippen molar-refractivity contribution >= 4 is 51.9 Å². The molecule has 31 nitrogen and oxygen atoms in total. The second kappa shape index (κ2) is 23.5. The number of likely N-dealkylation sites (tertiary alicyclic amines) is 2. The number of aliphatic hydroxyl groups excluding tert-OH is 6. The minimum absolute atomic E-state index is 0.0178. The van der Waals surface area contributed by atoms with Gasteiger partial charge in [-0.05, 0) is 52.4 Å². The summed E-state index contributed by atoms with van der Waals surface area (Å²) in [6.45, 7) is 8.23. The summed E-state index contributed by atoms with van der Waals surface area (Å²) in [5.41, 5.74) is 4.48. The zero-order chi connectivity index (χ0) is 56.6. The molecule has 10 heterocycles. The van der Waals surface area contributed by atoms with E-state index >= 15 is 0 Å². The Balaban J connectivity index is 0.701. The maximum Gasteiger partial charge on any atom is 0.320 e. The highest BCUT2D eigenvalue weighted by Gasteiger charge is 2.47. The summed E-state index contributed by atoms with van der Waals surface area (Å²) in [4.78, 5) is 58.8. The van der Waals surface area contributed by atoms with Gasteiger partial charge in [0.2, 0.25) is 11.9 Å². The molecule has 4 aliphatic rings. The summed E-state index contributed by atoms with van der Waals surface area (Å²) in [6.07, 6.45) is 13.4. The van der Waals surface area contributed by atoms with Gasteiger partial charge in [-0.25, -0.2) is 24.7 Å². The van der Waals surface area contributed by atoms with Crippen molar-refractivity contribution in [3.05, 3.63) is 72.9 Å². The van der Waals surface area contributed by atoms with Crippen LogP contribution in [-0.4, -0.2) is 210 Å². The third-order valence-corrected chi connectivity index (χ3v) is 16.5. The molecular formula is C51H70N24O7. The van der Waals surface area contributed by atoms with E-state index in [9.17, 15) is 35.4 Å². The van der Waals surface area contributed by atoms with Crippen LogP contribution in [0.1, 0.15) is 99.3 Å². The Morgan fingerprint density at radius 3 is 1.34 bits per heavy atom. The molecule has 0 radical (unpaired) electrons. The Bertz CT molecular complexity index is 3240. The van der Waals surface area contributed by atoms with Gasteiger partial charge in [-0.15, -0.1) is 0 Å². The number of nitrogens with zero attached hydrogens (tertiary/aromatic N) is 20. The standard InChI is InChI=1S/C51H70N24O7/c1-3-68-21-31(54-25-68)5-11-52-49-62-45(39-47(64-49)72(27-56-39)35-17-37(43(80)41(35)78)74-58-19-33(23-76)66-74)60-29-7-13-70(14-8-29)51(82)71-15-9-30(10-16-71)61-46-40-48(65-50(63-46)53-12-6-32-22-69(4-2)26-55-32)73(28-57-40)36-18-38(44(81)42(36)79)75-59-20-34(24-77)67-75/h19-22,25-30,35-38,41-44,76-81H,3-18,23-24H2,1-2H3,(H2,52,60,62,64)(H2,53,61,63,65)/t35-,36-,37+,38+,41+,42+,43-,44-/m1/s1. The van der Waals surface area contributed by atoms with Crippen molar-refractivity contribution in [1.29, 1.82) is 0 Å². The van der Waals surface area contributed by atoms with Crippen molar-refractivity contribution in [3.63, 3.8) is 0 Å². The van der Waals surface area contributed by atoms with Crippen LogP contribution in [0.25, 0.3) is 22.3 Å². The molecule has 10 N–H and O–H groups in total. The number of carbonyl (C=O) groups excluding carboxylic acids is 1. The number of urea groups is 1. The number of amides is 2. The molecule has 0 aromatic carbocycles. The van der Waals surface area contributed by atoms with Gasteiger partial charge in [0.05, 0.1) is 74.4 Å². The number of nitrogens with one attached hydrogen (secondary N) is 4. The fourth-order valence-corrected chi connectivity index (χ4v) is 11.8. The van der Waals surface area contributed by atoms with Gasteiger partial charge in [-0.3, -0.25) is 0 Å². The second-order valence-electron chi connectivity index (χ2n) is 21.6. The highest BCUT2D eigenvalue weighted by molar-refractivity contribution is 5.85. The number of hydrogen-bond donors (Lipinski definition) is 10. The van der Waals surface area contributed by atoms with Gasteiger partial charge in [0.15, 0.2) is 34.0 Å². The second-order valence-corrected chi connectivity index (χ2v) is 21.6. The van der Waals surface area contributed by atoms with Gasteiger partial charge in [-0.1, -0.05) is 0 Å². The number of piperidine rings is 2. The number of carbonyl (C=O) groups is 1. The first kappa shape index (κ1) is 54.6. The monoisotopic (exact) mass is 1130 g/mol. The molecule has 2 aliphatic carbocycles. The van der Waals surface area contributed by atoms with Crippen LogP contribution in [0.5, 0.6) is 0 Å². The topological polar surface area (TPSA) is 377 Å². The average Bonchev–Trinajstić information content (AvgIpc) is 4.25. The minimum atomic E-state index is -1.19. The van der Waals surface area contributed by atoms with Gasteiger partial charge in [0.25, 0.3) is 0 Å². The van der Waals surface area contributed by atoms with Crippen LogP contribution in [0.4, 0.5) is 28.3 Å². The molecule has 2 saturated heterocycles. The summed E-state index contributed by atoms with van der Waals surface area (Å²) in [5, 5.41) is 95.5. The molecule has 4 fully saturated rings. The molecular weight excluding hydrogens is 1060 g/mol. The molecule has 8 aromatic heterocycles. The zero-order valence-corrected chi connectivity index (χ0v) is 45.7. The maximum absolute atomic E-state index is 14.2. The summed E-state index contributed by atoms with van der Waals surface area (Å²) >= 11 is 0. The van der Waals surface area contributed by atoms with Crippen molar-refractivity contribution in [2.45, 2.75) is 152 Å². The molecule has 8 atom stereocenters. The Hall–Kier alpha value is -7.97. The molecule has 82 heavy (non-hydrogen) atoms. The Kier molecular flexibility index (Phi) is 15.6. The van der Waals surface area contributed by atoms with Crippen LogP contribution in [0.3, 0.4) is 0 Å². The number of hydrogen-bond acceptors (Lipinski definition) is 23. The van der Waals surface area contributed by atoms with Gasteiger partial charge < -0.3 is 80.0 Å². The first-order valence-electron chi connectivity index (χ1n) is 28.3. The number of aryl methyl sites for hydroxylation is 2. The van der Waals surface area contributed by atoms with E-state index in [4.69, 9.17) is 29.9 Å². The van der Waals surface area contributed by atoms with E-state index < -0.39 is 48.6 Å². The molecule has 2 aliphatic heterocycles. The lowest BCUT2D eigenvalue weighted by molar-refractivity contribution is 0.00491. The van der Waals surface area contributed by atoms with Gasteiger partial charge in [0.1, 0.15) is 47.9 Å². The number of anilines is 4. The lowest BCUT2D eigenvalue weighted by atomic mass is 10.0. The summed E-state index contributed by atoms with van der Waals surface area (Å²) < 4.78 is 7.57. The van der Waals surface area contributed by atoms with Crippen molar-refractivity contribution in [3.8, 4) is 0 Å². The lowest BCUT2D eigenvalue weighted by Crippen LogP contribution is -2.51. The molecule has 0 spiro atoms. The van der Waals surface area contributed by atoms with Crippen LogP contribution in [0.2, 0.25) is 0 Å². The Morgan fingerprint density at radius 2 is 0.963 bits per heavy atom. The summed E-state index contributed by atoms with van der Waals surface area (Å²) in [6, 6.07) is -2.68. The van der Waals surface area contributed by atoms with Crippen molar-refractivity contribution in [2.75, 3.05) is 60.5 Å². The van der Waals surface area contributed by atoms with E-state index in [0.29, 0.717) is 135 Å². The molecule has 2 saturated carbocycles. The van der Waals surface area contributed by atoms with E-state index in [0.717, 1.165) is 24.5 Å². The highest BCUT2D eigenvalue weighted by atomic mass is 16.3. The minimum Gasteiger partial charge on any atom is -0.390 e. The lowest BCUT2D eigenvalue weighted by Gasteiger charge is -2.39. The fraction of sp³-hybridized carbons (Fsp3) is 0.588. The highest BCUT2D eigenvalue weighted by Crippen LogP contribution is 2.42. The van der Waals surface area contributed by atoms with Gasteiger partial charge in [-0.2, -0.15) is 49.9 Å². The molecule has 8 aromatic rings. The molecule has 2 amide bonds. The number of aliphatic hydroxyl groups is 6. The normalized spacial score (nSPS) is 23.7. The van der Waals surface area contributed by atoms with E-state index in [1.807, 2.05) is 31.3 Å². The smallest absolute Gasteiger partial charge is 0.320 e. The predicted octanol–water partition coefficient (Wildman–Crippen LogP) is 0.264. The number of fused-ring (bicyclic) bond motifs is 2. The quantitative estimate of drug-likeness (QED) is 0.0489. The van der Waals surface area contributed by atoms with Crippen LogP contribution < -0.4 is 21.3 Å². The third-order valence-electron chi connectivity index (χ3n) is 16.5. The molecule has 12 rings (SSSR count). The number of aromatic nitrogens is 18. The zero-order valence-electron chi connectivity index (χ0n) is 45.7. The molecule has 0 unspecified atom stereocenters. The van der Waals surface area contributed by atoms with Crippen molar-refractivity contribution in [1.82, 2.24) is 97.9 Å². The Labute approximate surface area is 469 Å². The largest absolute Gasteiger partial charge is 0.390 e. The van der Waals surface area contributed by atoms with Crippen LogP contribution in [-0.2, 0) is 39.1 Å². The van der Waals surface area contributed by atoms with Crippen molar-refractivity contribution in [2.24, 2.45) is 0 Å². The maximum atomic E-state index is 14.2. The number of imidazole rings is 4. The molecule has 31 heteroatoms. The average molecular weight is 1130 g/mol. The number of rotatable bonds is 20. The van der Waals surface area contributed by atoms with Gasteiger partial charge >= 0.3 is 6.03 Å². The SMILES string of the molecule is CCn1cnc(CCNc2nc(NC3CCN(C(=O)N4CCC(Nc5nc(NCCc6cn(CC)cn6)nc6c5ncn6[C@@H]5C[C@H](n6ncc(CO)n6)[C@@H](O)[C@H]5O)CC4)CC3)c3ncn([C@@H]4C[C@H](n5ncc(CO)n5)[C@@H](O)[C@H]4O)c3n2)c1. The summed E-state index contributed by atoms with van der Waals surface area (Å²) in [5.74, 6) is 1.72. The Morgan fingerprint density at radius 1 is 0.549 bits per heavy atom. The van der Waals surface area contributed by atoms with Gasteiger partial charge in [0, 0.05) is 89.7 Å². The summed E-state index contributed by atoms with van der Waals surface area (Å²) in [7, 11) is 0. The van der Waals surface area contributed by atoms with Crippen molar-refractivity contribution < 1.29 is 35.4 Å². The molecule has 0 bridgehead atoms.